The Morgan fingerprint density at radius 2 is 1.71 bits per heavy atom. The normalized spacial score (nSPS) is 20.1. The van der Waals surface area contributed by atoms with Crippen molar-refractivity contribution in [3.05, 3.63) is 0 Å². The van der Waals surface area contributed by atoms with Crippen molar-refractivity contribution in [2.24, 2.45) is 0 Å². The van der Waals surface area contributed by atoms with E-state index in [1.54, 1.807) is 0 Å². The molecule has 1 heterocycles. The van der Waals surface area contributed by atoms with Gasteiger partial charge in [0.05, 0.1) is 0 Å². The molecule has 0 bridgehead atoms. The van der Waals surface area contributed by atoms with E-state index in [1.165, 1.54) is 32.2 Å². The molecule has 1 aliphatic rings. The van der Waals surface area contributed by atoms with Gasteiger partial charge in [-0.05, 0) is 25.1 Å². The van der Waals surface area contributed by atoms with Crippen LogP contribution in [0, 0.1) is 0 Å². The van der Waals surface area contributed by atoms with Crippen LogP contribution in [0.1, 0.15) is 25.7 Å². The smallest absolute Gasteiger partial charge is 0.0363 e. The molecule has 0 saturated carbocycles. The standard InChI is InChI=1S/C10H21NOS2/c12-14-9-6-11(7-10-14)5-3-1-2-4-8-13/h13H,1-10H2. The monoisotopic (exact) mass is 235 g/mol. The average Bonchev–Trinajstić information content (AvgIpc) is 2.21. The Morgan fingerprint density at radius 3 is 2.36 bits per heavy atom. The molecule has 1 rings (SSSR count). The zero-order valence-electron chi connectivity index (χ0n) is 8.78. The van der Waals surface area contributed by atoms with E-state index >= 15 is 0 Å². The van der Waals surface area contributed by atoms with Gasteiger partial charge in [-0.15, -0.1) is 0 Å². The summed E-state index contributed by atoms with van der Waals surface area (Å²) in [5.74, 6) is 2.79. The van der Waals surface area contributed by atoms with Crippen LogP contribution in [0.15, 0.2) is 0 Å². The first-order chi connectivity index (χ1) is 6.83. The van der Waals surface area contributed by atoms with Gasteiger partial charge < -0.3 is 4.90 Å². The first-order valence-electron chi connectivity index (χ1n) is 5.51. The Kier molecular flexibility index (Phi) is 6.90. The van der Waals surface area contributed by atoms with Crippen LogP contribution in [0.2, 0.25) is 0 Å². The molecule has 0 N–H and O–H groups in total. The molecule has 0 radical (unpaired) electrons. The molecule has 0 aromatic carbocycles. The number of rotatable bonds is 6. The highest BCUT2D eigenvalue weighted by Crippen LogP contribution is 2.05. The Hall–Kier alpha value is 0.460. The lowest BCUT2D eigenvalue weighted by molar-refractivity contribution is 0.291. The van der Waals surface area contributed by atoms with Gasteiger partial charge in [-0.2, -0.15) is 12.6 Å². The second-order valence-corrected chi connectivity index (χ2v) is 5.97. The van der Waals surface area contributed by atoms with Gasteiger partial charge in [0.25, 0.3) is 0 Å². The lowest BCUT2D eigenvalue weighted by Crippen LogP contribution is -2.38. The summed E-state index contributed by atoms with van der Waals surface area (Å²) in [7, 11) is -0.523. The van der Waals surface area contributed by atoms with Gasteiger partial charge in [0.15, 0.2) is 0 Å². The third-order valence-corrected chi connectivity index (χ3v) is 4.24. The SMILES string of the molecule is O=S1CCN(CCCCCCS)CC1. The van der Waals surface area contributed by atoms with Crippen LogP contribution in [0.25, 0.3) is 0 Å². The van der Waals surface area contributed by atoms with E-state index in [0.29, 0.717) is 0 Å². The van der Waals surface area contributed by atoms with Gasteiger partial charge in [-0.1, -0.05) is 12.8 Å². The van der Waals surface area contributed by atoms with Gasteiger partial charge in [-0.25, -0.2) is 0 Å². The Morgan fingerprint density at radius 1 is 1.07 bits per heavy atom. The van der Waals surface area contributed by atoms with E-state index in [9.17, 15) is 4.21 Å². The van der Waals surface area contributed by atoms with Crippen LogP contribution in [0.4, 0.5) is 0 Å². The third kappa shape index (κ3) is 5.37. The van der Waals surface area contributed by atoms with Crippen LogP contribution in [0.5, 0.6) is 0 Å². The van der Waals surface area contributed by atoms with Crippen LogP contribution in [-0.4, -0.2) is 46.0 Å². The minimum absolute atomic E-state index is 0.523. The summed E-state index contributed by atoms with van der Waals surface area (Å²) in [6.45, 7) is 3.28. The minimum atomic E-state index is -0.523. The first-order valence-corrected chi connectivity index (χ1v) is 7.63. The van der Waals surface area contributed by atoms with Crippen LogP contribution in [0.3, 0.4) is 0 Å². The summed E-state index contributed by atoms with van der Waals surface area (Å²) < 4.78 is 11.1. The highest BCUT2D eigenvalue weighted by atomic mass is 32.2. The van der Waals surface area contributed by atoms with Gasteiger partial charge in [0.2, 0.25) is 0 Å². The van der Waals surface area contributed by atoms with Crippen LogP contribution >= 0.6 is 12.6 Å². The molecule has 0 aliphatic carbocycles. The second-order valence-electron chi connectivity index (χ2n) is 3.83. The van der Waals surface area contributed by atoms with Crippen molar-refractivity contribution in [1.29, 1.82) is 0 Å². The quantitative estimate of drug-likeness (QED) is 0.557. The molecule has 1 saturated heterocycles. The van der Waals surface area contributed by atoms with Crippen molar-refractivity contribution in [3.8, 4) is 0 Å². The number of hydrogen-bond acceptors (Lipinski definition) is 3. The lowest BCUT2D eigenvalue weighted by atomic mass is 10.2. The molecular formula is C10H21NOS2. The summed E-state index contributed by atoms with van der Waals surface area (Å²) in [5, 5.41) is 0. The van der Waals surface area contributed by atoms with E-state index in [4.69, 9.17) is 0 Å². The maximum absolute atomic E-state index is 11.1. The topological polar surface area (TPSA) is 20.3 Å². The first kappa shape index (κ1) is 12.5. The summed E-state index contributed by atoms with van der Waals surface area (Å²) >= 11 is 4.19. The van der Waals surface area contributed by atoms with Crippen molar-refractivity contribution in [3.63, 3.8) is 0 Å². The van der Waals surface area contributed by atoms with Crippen LogP contribution < -0.4 is 0 Å². The number of thiol groups is 1. The van der Waals surface area contributed by atoms with E-state index < -0.39 is 10.8 Å². The number of unbranched alkanes of at least 4 members (excludes halogenated alkanes) is 3. The minimum Gasteiger partial charge on any atom is -0.302 e. The van der Waals surface area contributed by atoms with Gasteiger partial charge in [0.1, 0.15) is 0 Å². The predicted molar refractivity (Wildman–Crippen MR) is 66.6 cm³/mol. The maximum Gasteiger partial charge on any atom is 0.0363 e. The van der Waals surface area contributed by atoms with Gasteiger partial charge >= 0.3 is 0 Å². The summed E-state index contributed by atoms with van der Waals surface area (Å²) in [4.78, 5) is 2.45. The molecular weight excluding hydrogens is 214 g/mol. The zero-order chi connectivity index (χ0) is 10.2. The summed E-state index contributed by atoms with van der Waals surface area (Å²) in [5.41, 5.74) is 0. The van der Waals surface area contributed by atoms with Crippen molar-refractivity contribution in [2.45, 2.75) is 25.7 Å². The van der Waals surface area contributed by atoms with E-state index in [0.717, 1.165) is 30.3 Å². The summed E-state index contributed by atoms with van der Waals surface area (Å²) in [6, 6.07) is 0. The molecule has 0 amide bonds. The van der Waals surface area contributed by atoms with Crippen molar-refractivity contribution < 1.29 is 4.21 Å². The molecule has 0 aromatic rings. The fourth-order valence-corrected chi connectivity index (χ4v) is 3.05. The maximum atomic E-state index is 11.1. The Bertz CT molecular complexity index is 166. The second kappa shape index (κ2) is 7.71. The molecule has 2 nitrogen and oxygen atoms in total. The lowest BCUT2D eigenvalue weighted by Gasteiger charge is -2.25. The summed E-state index contributed by atoms with van der Waals surface area (Å²) in [6.07, 6.45) is 5.16. The number of nitrogens with zero attached hydrogens (tertiary/aromatic N) is 1. The van der Waals surface area contributed by atoms with E-state index in [2.05, 4.69) is 17.5 Å². The largest absolute Gasteiger partial charge is 0.302 e. The number of hydrogen-bond donors (Lipinski definition) is 1. The Balaban J connectivity index is 1.94. The highest BCUT2D eigenvalue weighted by molar-refractivity contribution is 7.85. The molecule has 1 fully saturated rings. The molecule has 0 atom stereocenters. The fourth-order valence-electron chi connectivity index (χ4n) is 1.70. The van der Waals surface area contributed by atoms with E-state index in [-0.39, 0.29) is 0 Å². The molecule has 84 valence electrons. The van der Waals surface area contributed by atoms with Crippen molar-refractivity contribution >= 4 is 23.4 Å². The molecule has 14 heavy (non-hydrogen) atoms. The van der Waals surface area contributed by atoms with Gasteiger partial charge in [-0.3, -0.25) is 4.21 Å². The van der Waals surface area contributed by atoms with Gasteiger partial charge in [0, 0.05) is 35.4 Å². The van der Waals surface area contributed by atoms with Crippen LogP contribution in [-0.2, 0) is 10.8 Å². The molecule has 4 heteroatoms. The van der Waals surface area contributed by atoms with Crippen molar-refractivity contribution in [1.82, 2.24) is 4.90 Å². The molecule has 1 aliphatic heterocycles. The Labute approximate surface area is 95.3 Å². The fraction of sp³-hybridized carbons (Fsp3) is 1.00. The van der Waals surface area contributed by atoms with Crippen molar-refractivity contribution in [2.75, 3.05) is 36.9 Å². The molecule has 0 spiro atoms. The zero-order valence-corrected chi connectivity index (χ0v) is 10.5. The average molecular weight is 235 g/mol. The molecule has 0 unspecified atom stereocenters. The third-order valence-electron chi connectivity index (χ3n) is 2.65. The predicted octanol–water partition coefficient (Wildman–Crippen LogP) is 1.54. The van der Waals surface area contributed by atoms with E-state index in [1.807, 2.05) is 0 Å². The highest BCUT2D eigenvalue weighted by Gasteiger charge is 2.13. The molecule has 0 aromatic heterocycles.